The minimum Gasteiger partial charge on any atom is -0.457 e. The molecule has 28 heavy (non-hydrogen) atoms. The highest BCUT2D eigenvalue weighted by Gasteiger charge is 2.34. The number of benzene rings is 1. The molecule has 2 aromatic rings. The standard InChI is InChI=1S/C24H29NO3/c1-4-16-8-10-17(11-9-16)18-12-19-22(20(26)13-18)15(3)23(25-19)24(27)28-21-7-5-6-14(21)2/h8-11,14,18,21,25H,4-7,12-13H2,1-3H3/t14-,18-,21+/m0/s1. The van der Waals surface area contributed by atoms with Crippen molar-refractivity contribution >= 4 is 11.8 Å². The molecule has 1 N–H and O–H groups in total. The Morgan fingerprint density at radius 2 is 1.93 bits per heavy atom. The molecule has 1 aromatic heterocycles. The largest absolute Gasteiger partial charge is 0.457 e. The molecule has 148 valence electrons. The van der Waals surface area contributed by atoms with Crippen molar-refractivity contribution < 1.29 is 14.3 Å². The van der Waals surface area contributed by atoms with Crippen LogP contribution >= 0.6 is 0 Å². The number of nitrogens with one attached hydrogen (secondary N) is 1. The zero-order valence-corrected chi connectivity index (χ0v) is 17.0. The molecule has 0 spiro atoms. The highest BCUT2D eigenvalue weighted by molar-refractivity contribution is 6.03. The van der Waals surface area contributed by atoms with Crippen molar-refractivity contribution in [1.29, 1.82) is 0 Å². The van der Waals surface area contributed by atoms with Gasteiger partial charge in [0.15, 0.2) is 5.78 Å². The van der Waals surface area contributed by atoms with Gasteiger partial charge in [-0.05, 0) is 67.6 Å². The van der Waals surface area contributed by atoms with Gasteiger partial charge in [-0.3, -0.25) is 4.79 Å². The number of aromatic amines is 1. The lowest BCUT2D eigenvalue weighted by Gasteiger charge is -2.22. The van der Waals surface area contributed by atoms with Crippen molar-refractivity contribution in [3.8, 4) is 0 Å². The van der Waals surface area contributed by atoms with E-state index < -0.39 is 0 Å². The van der Waals surface area contributed by atoms with Crippen LogP contribution in [0.25, 0.3) is 0 Å². The van der Waals surface area contributed by atoms with E-state index in [1.54, 1.807) is 0 Å². The molecule has 0 radical (unpaired) electrons. The van der Waals surface area contributed by atoms with E-state index in [0.717, 1.165) is 43.4 Å². The number of fused-ring (bicyclic) bond motifs is 1. The monoisotopic (exact) mass is 379 g/mol. The third-order valence-corrected chi connectivity index (χ3v) is 6.59. The second kappa shape index (κ2) is 7.57. The molecule has 1 fully saturated rings. The number of ether oxygens (including phenoxy) is 1. The highest BCUT2D eigenvalue weighted by Crippen LogP contribution is 2.36. The molecular weight excluding hydrogens is 350 g/mol. The maximum absolute atomic E-state index is 12.9. The van der Waals surface area contributed by atoms with E-state index >= 15 is 0 Å². The first-order valence-electron chi connectivity index (χ1n) is 10.5. The number of rotatable bonds is 4. The van der Waals surface area contributed by atoms with E-state index in [2.05, 4.69) is 43.1 Å². The topological polar surface area (TPSA) is 59.2 Å². The highest BCUT2D eigenvalue weighted by atomic mass is 16.5. The van der Waals surface area contributed by atoms with Gasteiger partial charge in [-0.25, -0.2) is 4.79 Å². The summed E-state index contributed by atoms with van der Waals surface area (Å²) in [5, 5.41) is 0. The van der Waals surface area contributed by atoms with Crippen LogP contribution in [-0.2, 0) is 17.6 Å². The van der Waals surface area contributed by atoms with E-state index in [-0.39, 0.29) is 23.8 Å². The minimum absolute atomic E-state index is 0.00671. The average Bonchev–Trinajstić information content (AvgIpc) is 3.25. The number of ketones is 1. The third-order valence-electron chi connectivity index (χ3n) is 6.59. The van der Waals surface area contributed by atoms with Crippen LogP contribution in [0, 0.1) is 12.8 Å². The fourth-order valence-corrected chi connectivity index (χ4v) is 4.78. The van der Waals surface area contributed by atoms with Gasteiger partial charge in [0.25, 0.3) is 0 Å². The van der Waals surface area contributed by atoms with Crippen molar-refractivity contribution in [2.45, 2.75) is 71.3 Å². The van der Waals surface area contributed by atoms with Gasteiger partial charge < -0.3 is 9.72 Å². The van der Waals surface area contributed by atoms with E-state index in [1.165, 1.54) is 11.1 Å². The second-order valence-electron chi connectivity index (χ2n) is 8.45. The summed E-state index contributed by atoms with van der Waals surface area (Å²) in [5.74, 6) is 0.365. The first kappa shape index (κ1) is 19.0. The Hall–Kier alpha value is -2.36. The van der Waals surface area contributed by atoms with Crippen molar-refractivity contribution in [3.05, 3.63) is 57.9 Å². The summed E-state index contributed by atoms with van der Waals surface area (Å²) in [6.45, 7) is 6.13. The Morgan fingerprint density at radius 3 is 2.57 bits per heavy atom. The molecule has 4 rings (SSSR count). The van der Waals surface area contributed by atoms with Gasteiger partial charge in [-0.2, -0.15) is 0 Å². The zero-order chi connectivity index (χ0) is 19.8. The number of carbonyl (C=O) groups is 2. The summed E-state index contributed by atoms with van der Waals surface area (Å²) >= 11 is 0. The third kappa shape index (κ3) is 3.41. The molecule has 0 unspecified atom stereocenters. The van der Waals surface area contributed by atoms with Gasteiger partial charge in [-0.1, -0.05) is 38.1 Å². The van der Waals surface area contributed by atoms with Crippen molar-refractivity contribution in [3.63, 3.8) is 0 Å². The van der Waals surface area contributed by atoms with Gasteiger partial charge in [0.05, 0.1) is 0 Å². The Balaban J connectivity index is 1.56. The first-order valence-corrected chi connectivity index (χ1v) is 10.5. The number of hydrogen-bond donors (Lipinski definition) is 1. The molecular formula is C24H29NO3. The fourth-order valence-electron chi connectivity index (χ4n) is 4.78. The van der Waals surface area contributed by atoms with Gasteiger partial charge in [-0.15, -0.1) is 0 Å². The fraction of sp³-hybridized carbons (Fsp3) is 0.500. The normalized spacial score (nSPS) is 24.2. The maximum atomic E-state index is 12.9. The lowest BCUT2D eigenvalue weighted by Crippen LogP contribution is -2.21. The number of carbonyl (C=O) groups excluding carboxylic acids is 2. The summed E-state index contributed by atoms with van der Waals surface area (Å²) in [4.78, 5) is 28.9. The number of aromatic nitrogens is 1. The summed E-state index contributed by atoms with van der Waals surface area (Å²) in [6.07, 6.45) is 5.39. The Bertz CT molecular complexity index is 893. The lowest BCUT2D eigenvalue weighted by molar-refractivity contribution is 0.0219. The molecule has 0 bridgehead atoms. The van der Waals surface area contributed by atoms with E-state index in [1.807, 2.05) is 6.92 Å². The number of aryl methyl sites for hydroxylation is 1. The van der Waals surface area contributed by atoms with Crippen LogP contribution in [0.15, 0.2) is 24.3 Å². The van der Waals surface area contributed by atoms with Gasteiger partial charge in [0.2, 0.25) is 0 Å². The number of hydrogen-bond acceptors (Lipinski definition) is 3. The molecule has 1 heterocycles. The van der Waals surface area contributed by atoms with E-state index in [4.69, 9.17) is 4.74 Å². The second-order valence-corrected chi connectivity index (χ2v) is 8.45. The number of esters is 1. The van der Waals surface area contributed by atoms with Crippen LogP contribution in [0.4, 0.5) is 0 Å². The Kier molecular flexibility index (Phi) is 5.13. The minimum atomic E-state index is -0.317. The van der Waals surface area contributed by atoms with Crippen molar-refractivity contribution in [2.75, 3.05) is 0 Å². The van der Waals surface area contributed by atoms with Gasteiger partial charge in [0, 0.05) is 17.7 Å². The van der Waals surface area contributed by atoms with Crippen molar-refractivity contribution in [2.24, 2.45) is 5.92 Å². The summed E-state index contributed by atoms with van der Waals surface area (Å²) in [7, 11) is 0. The molecule has 1 saturated carbocycles. The summed E-state index contributed by atoms with van der Waals surface area (Å²) < 4.78 is 5.76. The first-order chi connectivity index (χ1) is 13.5. The van der Waals surface area contributed by atoms with Gasteiger partial charge >= 0.3 is 5.97 Å². The summed E-state index contributed by atoms with van der Waals surface area (Å²) in [6, 6.07) is 8.55. The molecule has 0 saturated heterocycles. The molecule has 3 atom stereocenters. The van der Waals surface area contributed by atoms with Crippen LogP contribution < -0.4 is 0 Å². The predicted octanol–water partition coefficient (Wildman–Crippen LogP) is 5.14. The van der Waals surface area contributed by atoms with Crippen LogP contribution in [0.1, 0.15) is 88.7 Å². The summed E-state index contributed by atoms with van der Waals surface area (Å²) in [5.41, 5.74) is 5.27. The smallest absolute Gasteiger partial charge is 0.355 e. The van der Waals surface area contributed by atoms with Crippen LogP contribution in [0.2, 0.25) is 0 Å². The molecule has 0 aliphatic heterocycles. The van der Waals surface area contributed by atoms with Crippen LogP contribution in [0.5, 0.6) is 0 Å². The number of Topliss-reactive ketones (excluding diaryl/α,β-unsaturated/α-hetero) is 1. The van der Waals surface area contributed by atoms with Gasteiger partial charge in [0.1, 0.15) is 11.8 Å². The van der Waals surface area contributed by atoms with Crippen LogP contribution in [-0.4, -0.2) is 22.8 Å². The Morgan fingerprint density at radius 1 is 1.18 bits per heavy atom. The molecule has 1 aromatic carbocycles. The van der Waals surface area contributed by atoms with Crippen molar-refractivity contribution in [1.82, 2.24) is 4.98 Å². The maximum Gasteiger partial charge on any atom is 0.355 e. The zero-order valence-electron chi connectivity index (χ0n) is 17.0. The molecule has 4 heteroatoms. The van der Waals surface area contributed by atoms with Crippen LogP contribution in [0.3, 0.4) is 0 Å². The predicted molar refractivity (Wildman–Crippen MR) is 109 cm³/mol. The molecule has 2 aliphatic carbocycles. The van der Waals surface area contributed by atoms with E-state index in [9.17, 15) is 9.59 Å². The number of H-pyrrole nitrogens is 1. The average molecular weight is 380 g/mol. The lowest BCUT2D eigenvalue weighted by atomic mass is 9.81. The van der Waals surface area contributed by atoms with E-state index in [0.29, 0.717) is 23.6 Å². The Labute approximate surface area is 166 Å². The SMILES string of the molecule is CCc1ccc([C@@H]2CC(=O)c3c([nH]c(C(=O)O[C@@H]4CCC[C@@H]4C)c3C)C2)cc1. The molecule has 2 aliphatic rings. The molecule has 0 amide bonds. The quantitative estimate of drug-likeness (QED) is 0.748. The molecule has 4 nitrogen and oxygen atoms in total.